The third-order valence-electron chi connectivity index (χ3n) is 3.38. The van der Waals surface area contributed by atoms with Crippen LogP contribution in [0.25, 0.3) is 0 Å². The number of nitro groups is 1. The predicted molar refractivity (Wildman–Crippen MR) is 77.8 cm³/mol. The van der Waals surface area contributed by atoms with Crippen LogP contribution in [0.15, 0.2) is 24.3 Å². The number of nitrogens with zero attached hydrogens (tertiary/aromatic N) is 1. The topological polar surface area (TPSA) is 95.7 Å². The van der Waals surface area contributed by atoms with Gasteiger partial charge in [0.25, 0.3) is 0 Å². The summed E-state index contributed by atoms with van der Waals surface area (Å²) < 4.78 is 9.18. The second-order valence-electron chi connectivity index (χ2n) is 4.99. The fourth-order valence-electron chi connectivity index (χ4n) is 2.24. The van der Waals surface area contributed by atoms with Crippen LogP contribution in [0.2, 0.25) is 0 Å². The van der Waals surface area contributed by atoms with Crippen molar-refractivity contribution in [2.24, 2.45) is 11.8 Å². The van der Waals surface area contributed by atoms with Crippen LogP contribution in [0.3, 0.4) is 0 Å². The van der Waals surface area contributed by atoms with Gasteiger partial charge in [0, 0.05) is 4.92 Å². The third-order valence-corrected chi connectivity index (χ3v) is 3.38. The summed E-state index contributed by atoms with van der Waals surface area (Å²) in [7, 11) is 2.26. The third kappa shape index (κ3) is 4.83. The molecule has 0 aliphatic rings. The van der Waals surface area contributed by atoms with Crippen molar-refractivity contribution in [3.8, 4) is 0 Å². The first-order valence-electron chi connectivity index (χ1n) is 6.72. The highest BCUT2D eigenvalue weighted by Gasteiger charge is 2.39. The van der Waals surface area contributed by atoms with Gasteiger partial charge in [0.2, 0.25) is 6.54 Å². The number of rotatable bonds is 7. The van der Waals surface area contributed by atoms with E-state index in [0.29, 0.717) is 0 Å². The van der Waals surface area contributed by atoms with E-state index in [4.69, 9.17) is 0 Å². The Kier molecular flexibility index (Phi) is 6.49. The van der Waals surface area contributed by atoms with E-state index in [-0.39, 0.29) is 6.42 Å². The van der Waals surface area contributed by atoms with Crippen LogP contribution >= 0.6 is 0 Å². The zero-order valence-corrected chi connectivity index (χ0v) is 12.8. The van der Waals surface area contributed by atoms with Crippen LogP contribution in [-0.4, -0.2) is 37.6 Å². The van der Waals surface area contributed by atoms with Crippen molar-refractivity contribution >= 4 is 11.9 Å². The Balaban J connectivity index is 3.07. The molecule has 1 aromatic carbocycles. The van der Waals surface area contributed by atoms with Crippen molar-refractivity contribution in [3.63, 3.8) is 0 Å². The van der Waals surface area contributed by atoms with Crippen LogP contribution in [0.5, 0.6) is 0 Å². The smallest absolute Gasteiger partial charge is 0.320 e. The van der Waals surface area contributed by atoms with Crippen molar-refractivity contribution in [3.05, 3.63) is 45.5 Å². The lowest BCUT2D eigenvalue weighted by atomic mass is 9.86. The van der Waals surface area contributed by atoms with Gasteiger partial charge >= 0.3 is 11.9 Å². The summed E-state index contributed by atoms with van der Waals surface area (Å²) in [6, 6.07) is 7.36. The van der Waals surface area contributed by atoms with Gasteiger partial charge in [0.15, 0.2) is 5.92 Å². The molecule has 0 aliphatic carbocycles. The predicted octanol–water partition coefficient (Wildman–Crippen LogP) is 1.39. The number of carbonyl (C=O) groups is 2. The molecule has 120 valence electrons. The van der Waals surface area contributed by atoms with Crippen LogP contribution < -0.4 is 0 Å². The number of benzene rings is 1. The van der Waals surface area contributed by atoms with Gasteiger partial charge in [-0.05, 0) is 18.9 Å². The van der Waals surface area contributed by atoms with E-state index in [0.717, 1.165) is 25.3 Å². The molecule has 0 saturated heterocycles. The monoisotopic (exact) mass is 309 g/mol. The van der Waals surface area contributed by atoms with Crippen molar-refractivity contribution in [2.75, 3.05) is 20.8 Å². The second-order valence-corrected chi connectivity index (χ2v) is 4.99. The highest BCUT2D eigenvalue weighted by atomic mass is 16.6. The molecule has 1 unspecified atom stereocenters. The van der Waals surface area contributed by atoms with Crippen molar-refractivity contribution in [2.45, 2.75) is 13.3 Å². The van der Waals surface area contributed by atoms with Gasteiger partial charge < -0.3 is 9.47 Å². The fourth-order valence-corrected chi connectivity index (χ4v) is 2.24. The fraction of sp³-hybridized carbons (Fsp3) is 0.467. The lowest BCUT2D eigenvalue weighted by Gasteiger charge is -2.20. The standard InChI is InChI=1S/C15H19NO6/c1-10-4-6-11(7-5-10)8-12(9-16(19)20)13(14(17)21-2)15(18)22-3/h4-7,12-13H,8-9H2,1-3H3. The maximum atomic E-state index is 11.8. The average molecular weight is 309 g/mol. The first kappa shape index (κ1) is 17.6. The maximum absolute atomic E-state index is 11.8. The molecule has 0 aromatic heterocycles. The Hall–Kier alpha value is -2.44. The van der Waals surface area contributed by atoms with Crippen LogP contribution in [0.1, 0.15) is 11.1 Å². The van der Waals surface area contributed by atoms with Gasteiger partial charge in [-0.15, -0.1) is 0 Å². The van der Waals surface area contributed by atoms with Gasteiger partial charge in [0.05, 0.1) is 20.1 Å². The number of methoxy groups -OCH3 is 2. The number of carbonyl (C=O) groups excluding carboxylic acids is 2. The Morgan fingerprint density at radius 1 is 1.14 bits per heavy atom. The molecule has 0 amide bonds. The van der Waals surface area contributed by atoms with E-state index in [2.05, 4.69) is 9.47 Å². The minimum atomic E-state index is -1.32. The van der Waals surface area contributed by atoms with Crippen molar-refractivity contribution < 1.29 is 24.0 Å². The molecule has 7 heteroatoms. The minimum absolute atomic E-state index is 0.204. The lowest BCUT2D eigenvalue weighted by molar-refractivity contribution is -0.489. The molecular formula is C15H19NO6. The van der Waals surface area contributed by atoms with Gasteiger partial charge in [-0.2, -0.15) is 0 Å². The molecule has 1 rings (SSSR count). The van der Waals surface area contributed by atoms with Gasteiger partial charge in [-0.3, -0.25) is 19.7 Å². The number of esters is 2. The molecule has 1 atom stereocenters. The molecule has 0 aliphatic heterocycles. The SMILES string of the molecule is COC(=O)C(C(=O)OC)C(Cc1ccc(C)cc1)C[N+](=O)[O-]. The molecule has 0 fully saturated rings. The van der Waals surface area contributed by atoms with Crippen LogP contribution in [0, 0.1) is 28.9 Å². The van der Waals surface area contributed by atoms with Crippen LogP contribution in [0.4, 0.5) is 0 Å². The summed E-state index contributed by atoms with van der Waals surface area (Å²) in [5, 5.41) is 10.9. The second kappa shape index (κ2) is 8.11. The number of aryl methyl sites for hydroxylation is 1. The molecule has 7 nitrogen and oxygen atoms in total. The number of hydrogen-bond donors (Lipinski definition) is 0. The molecular weight excluding hydrogens is 290 g/mol. The first-order chi connectivity index (χ1) is 10.4. The Bertz CT molecular complexity index is 523. The minimum Gasteiger partial charge on any atom is -0.468 e. The molecule has 0 N–H and O–H groups in total. The molecule has 1 aromatic rings. The zero-order valence-electron chi connectivity index (χ0n) is 12.8. The van der Waals surface area contributed by atoms with Gasteiger partial charge in [-0.1, -0.05) is 29.8 Å². The molecule has 0 spiro atoms. The highest BCUT2D eigenvalue weighted by Crippen LogP contribution is 2.21. The lowest BCUT2D eigenvalue weighted by Crippen LogP contribution is -2.38. The zero-order chi connectivity index (χ0) is 16.7. The Morgan fingerprint density at radius 3 is 2.05 bits per heavy atom. The largest absolute Gasteiger partial charge is 0.468 e. The summed E-state index contributed by atoms with van der Waals surface area (Å²) >= 11 is 0. The van der Waals surface area contributed by atoms with Gasteiger partial charge in [0.1, 0.15) is 0 Å². The summed E-state index contributed by atoms with van der Waals surface area (Å²) in [5.41, 5.74) is 1.85. The molecule has 22 heavy (non-hydrogen) atoms. The van der Waals surface area contributed by atoms with Crippen molar-refractivity contribution in [1.82, 2.24) is 0 Å². The number of hydrogen-bond acceptors (Lipinski definition) is 6. The molecule has 0 saturated carbocycles. The van der Waals surface area contributed by atoms with E-state index in [9.17, 15) is 19.7 Å². The molecule has 0 radical (unpaired) electrons. The molecule has 0 heterocycles. The summed E-state index contributed by atoms with van der Waals surface area (Å²) in [4.78, 5) is 34.0. The summed E-state index contributed by atoms with van der Waals surface area (Å²) in [6.07, 6.45) is 0.204. The first-order valence-corrected chi connectivity index (χ1v) is 6.72. The Labute approximate surface area is 128 Å². The van der Waals surface area contributed by atoms with Crippen LogP contribution in [-0.2, 0) is 25.5 Å². The quantitative estimate of drug-likeness (QED) is 0.327. The summed E-state index contributed by atoms with van der Waals surface area (Å²) in [6.45, 7) is 1.40. The molecule has 0 bridgehead atoms. The van der Waals surface area contributed by atoms with E-state index >= 15 is 0 Å². The van der Waals surface area contributed by atoms with Crippen molar-refractivity contribution in [1.29, 1.82) is 0 Å². The van der Waals surface area contributed by atoms with E-state index in [1.165, 1.54) is 0 Å². The van der Waals surface area contributed by atoms with E-state index < -0.39 is 35.2 Å². The number of ether oxygens (including phenoxy) is 2. The maximum Gasteiger partial charge on any atom is 0.320 e. The van der Waals surface area contributed by atoms with E-state index in [1.54, 1.807) is 0 Å². The summed E-state index contributed by atoms with van der Waals surface area (Å²) in [5.74, 6) is -3.81. The normalized spacial score (nSPS) is 11.8. The Morgan fingerprint density at radius 2 is 1.64 bits per heavy atom. The highest BCUT2D eigenvalue weighted by molar-refractivity contribution is 5.95. The van der Waals surface area contributed by atoms with E-state index in [1.807, 2.05) is 31.2 Å². The van der Waals surface area contributed by atoms with Gasteiger partial charge in [-0.25, -0.2) is 0 Å². The average Bonchev–Trinajstić information content (AvgIpc) is 2.48.